The Kier molecular flexibility index (Phi) is 6.03. The summed E-state index contributed by atoms with van der Waals surface area (Å²) in [7, 11) is 0. The lowest BCUT2D eigenvalue weighted by atomic mass is 10.1. The van der Waals surface area contributed by atoms with E-state index >= 15 is 0 Å². The maximum absolute atomic E-state index is 11.9. The lowest BCUT2D eigenvalue weighted by Crippen LogP contribution is -2.07. The Balaban J connectivity index is 1.55. The first-order chi connectivity index (χ1) is 12.2. The summed E-state index contributed by atoms with van der Waals surface area (Å²) >= 11 is 3.36. The van der Waals surface area contributed by atoms with E-state index in [1.165, 1.54) is 11.0 Å². The van der Waals surface area contributed by atoms with Crippen LogP contribution in [0.15, 0.2) is 57.2 Å². The molecule has 3 rings (SSSR count). The third-order valence-corrected chi connectivity index (χ3v) is 4.96. The molecule has 0 radical (unpaired) electrons. The van der Waals surface area contributed by atoms with Crippen LogP contribution in [0.3, 0.4) is 0 Å². The summed E-state index contributed by atoms with van der Waals surface area (Å²) in [6, 6.07) is 12.2. The SMILES string of the molecule is CCSc1ccc(Cc2nnc(NC(=O)/C=C/c3cccs3)o2)cc1. The van der Waals surface area contributed by atoms with Gasteiger partial charge in [0.05, 0.1) is 6.42 Å². The van der Waals surface area contributed by atoms with Crippen LogP contribution in [0.4, 0.5) is 6.01 Å². The van der Waals surface area contributed by atoms with Crippen LogP contribution >= 0.6 is 23.1 Å². The van der Waals surface area contributed by atoms with Gasteiger partial charge in [-0.05, 0) is 41.0 Å². The van der Waals surface area contributed by atoms with Gasteiger partial charge in [0.15, 0.2) is 0 Å². The average molecular weight is 371 g/mol. The van der Waals surface area contributed by atoms with Gasteiger partial charge in [-0.2, -0.15) is 0 Å². The van der Waals surface area contributed by atoms with Gasteiger partial charge in [0.25, 0.3) is 5.91 Å². The molecule has 5 nitrogen and oxygen atoms in total. The van der Waals surface area contributed by atoms with Crippen LogP contribution in [-0.4, -0.2) is 21.9 Å². The number of carbonyl (C=O) groups excluding carboxylic acids is 1. The number of thiophene rings is 1. The summed E-state index contributed by atoms with van der Waals surface area (Å²) < 4.78 is 5.48. The summed E-state index contributed by atoms with van der Waals surface area (Å²) in [5, 5.41) is 12.4. The van der Waals surface area contributed by atoms with Crippen LogP contribution < -0.4 is 5.32 Å². The Morgan fingerprint density at radius 2 is 2.12 bits per heavy atom. The molecular weight excluding hydrogens is 354 g/mol. The molecule has 0 saturated heterocycles. The number of rotatable bonds is 7. The zero-order valence-corrected chi connectivity index (χ0v) is 15.3. The number of amides is 1. The standard InChI is InChI=1S/C18H17N3O2S2/c1-2-24-15-7-5-13(6-8-15)12-17-20-21-18(23-17)19-16(22)10-9-14-4-3-11-25-14/h3-11H,2,12H2,1H3,(H,19,21,22)/b10-9+. The number of nitrogens with zero attached hydrogens (tertiary/aromatic N) is 2. The van der Waals surface area contributed by atoms with Crippen LogP contribution in [0.1, 0.15) is 23.3 Å². The summed E-state index contributed by atoms with van der Waals surface area (Å²) in [6.45, 7) is 2.13. The number of nitrogens with one attached hydrogen (secondary N) is 1. The monoisotopic (exact) mass is 371 g/mol. The third kappa shape index (κ3) is 5.30. The molecule has 2 heterocycles. The number of thioether (sulfide) groups is 1. The zero-order chi connectivity index (χ0) is 17.5. The van der Waals surface area contributed by atoms with Gasteiger partial charge >= 0.3 is 6.01 Å². The van der Waals surface area contributed by atoms with Crippen molar-refractivity contribution >= 4 is 41.1 Å². The number of benzene rings is 1. The molecule has 2 aromatic heterocycles. The first kappa shape index (κ1) is 17.4. The van der Waals surface area contributed by atoms with E-state index in [0.717, 1.165) is 16.2 Å². The predicted octanol–water partition coefficient (Wildman–Crippen LogP) is 4.49. The third-order valence-electron chi connectivity index (χ3n) is 3.23. The summed E-state index contributed by atoms with van der Waals surface area (Å²) in [6.07, 6.45) is 3.72. The topological polar surface area (TPSA) is 68.0 Å². The van der Waals surface area contributed by atoms with Gasteiger partial charge in [0.2, 0.25) is 5.89 Å². The van der Waals surface area contributed by atoms with E-state index in [4.69, 9.17) is 4.42 Å². The van der Waals surface area contributed by atoms with E-state index in [0.29, 0.717) is 12.3 Å². The van der Waals surface area contributed by atoms with E-state index in [-0.39, 0.29) is 11.9 Å². The van der Waals surface area contributed by atoms with E-state index in [9.17, 15) is 4.79 Å². The second-order valence-corrected chi connectivity index (χ2v) is 7.41. The molecule has 0 aliphatic heterocycles. The quantitative estimate of drug-likeness (QED) is 0.490. The highest BCUT2D eigenvalue weighted by Crippen LogP contribution is 2.19. The largest absolute Gasteiger partial charge is 0.407 e. The highest BCUT2D eigenvalue weighted by atomic mass is 32.2. The molecular formula is C18H17N3O2S2. The first-order valence-corrected chi connectivity index (χ1v) is 9.66. The second kappa shape index (κ2) is 8.64. The Labute approximate surface area is 154 Å². The summed E-state index contributed by atoms with van der Waals surface area (Å²) in [4.78, 5) is 14.1. The van der Waals surface area contributed by atoms with Gasteiger partial charge in [-0.3, -0.25) is 10.1 Å². The molecule has 0 unspecified atom stereocenters. The molecule has 0 aliphatic rings. The Morgan fingerprint density at radius 1 is 1.28 bits per heavy atom. The van der Waals surface area contributed by atoms with E-state index in [1.54, 1.807) is 29.2 Å². The molecule has 0 aliphatic carbocycles. The highest BCUT2D eigenvalue weighted by Gasteiger charge is 2.09. The fraction of sp³-hybridized carbons (Fsp3) is 0.167. The van der Waals surface area contributed by atoms with Crippen molar-refractivity contribution in [1.82, 2.24) is 10.2 Å². The lowest BCUT2D eigenvalue weighted by molar-refractivity contribution is -0.112. The maximum Gasteiger partial charge on any atom is 0.322 e. The summed E-state index contributed by atoms with van der Waals surface area (Å²) in [5.74, 6) is 1.21. The molecule has 0 atom stereocenters. The van der Waals surface area contributed by atoms with E-state index in [1.807, 2.05) is 29.6 Å². The molecule has 7 heteroatoms. The fourth-order valence-electron chi connectivity index (χ4n) is 2.11. The maximum atomic E-state index is 11.9. The van der Waals surface area contributed by atoms with Crippen molar-refractivity contribution in [2.24, 2.45) is 0 Å². The van der Waals surface area contributed by atoms with Crippen LogP contribution in [0.2, 0.25) is 0 Å². The number of aromatic nitrogens is 2. The second-order valence-electron chi connectivity index (χ2n) is 5.09. The molecule has 128 valence electrons. The molecule has 0 spiro atoms. The molecule has 1 amide bonds. The van der Waals surface area contributed by atoms with Crippen molar-refractivity contribution in [3.8, 4) is 0 Å². The summed E-state index contributed by atoms with van der Waals surface area (Å²) in [5.41, 5.74) is 1.08. The first-order valence-electron chi connectivity index (χ1n) is 7.79. The molecule has 3 aromatic rings. The van der Waals surface area contributed by atoms with Crippen molar-refractivity contribution in [3.05, 3.63) is 64.2 Å². The number of carbonyl (C=O) groups is 1. The molecule has 0 saturated carbocycles. The van der Waals surface area contributed by atoms with Gasteiger partial charge in [0, 0.05) is 15.8 Å². The van der Waals surface area contributed by atoms with Crippen molar-refractivity contribution < 1.29 is 9.21 Å². The van der Waals surface area contributed by atoms with Gasteiger partial charge in [0.1, 0.15) is 0 Å². The van der Waals surface area contributed by atoms with E-state index in [2.05, 4.69) is 34.6 Å². The lowest BCUT2D eigenvalue weighted by Gasteiger charge is -2.00. The number of hydrogen-bond acceptors (Lipinski definition) is 6. The number of hydrogen-bond donors (Lipinski definition) is 1. The normalized spacial score (nSPS) is 11.1. The van der Waals surface area contributed by atoms with Crippen molar-refractivity contribution in [1.29, 1.82) is 0 Å². The molecule has 1 aromatic carbocycles. The minimum Gasteiger partial charge on any atom is -0.407 e. The van der Waals surface area contributed by atoms with Gasteiger partial charge in [-0.1, -0.05) is 30.2 Å². The Morgan fingerprint density at radius 3 is 2.84 bits per heavy atom. The van der Waals surface area contributed by atoms with Crippen molar-refractivity contribution in [2.75, 3.05) is 11.1 Å². The molecule has 25 heavy (non-hydrogen) atoms. The molecule has 1 N–H and O–H groups in total. The van der Waals surface area contributed by atoms with Crippen LogP contribution in [0.5, 0.6) is 0 Å². The van der Waals surface area contributed by atoms with Crippen LogP contribution in [-0.2, 0) is 11.2 Å². The van der Waals surface area contributed by atoms with Crippen molar-refractivity contribution in [3.63, 3.8) is 0 Å². The van der Waals surface area contributed by atoms with Gasteiger partial charge in [-0.25, -0.2) is 0 Å². The van der Waals surface area contributed by atoms with Gasteiger partial charge in [-0.15, -0.1) is 28.2 Å². The van der Waals surface area contributed by atoms with E-state index < -0.39 is 0 Å². The van der Waals surface area contributed by atoms with Crippen LogP contribution in [0, 0.1) is 0 Å². The number of anilines is 1. The minimum absolute atomic E-state index is 0.106. The minimum atomic E-state index is -0.301. The molecule has 0 fully saturated rings. The Bertz CT molecular complexity index is 840. The van der Waals surface area contributed by atoms with Crippen molar-refractivity contribution in [2.45, 2.75) is 18.2 Å². The fourth-order valence-corrected chi connectivity index (χ4v) is 3.39. The Hall–Kier alpha value is -2.38. The predicted molar refractivity (Wildman–Crippen MR) is 102 cm³/mol. The zero-order valence-electron chi connectivity index (χ0n) is 13.6. The average Bonchev–Trinajstić information content (AvgIpc) is 3.27. The smallest absolute Gasteiger partial charge is 0.322 e. The van der Waals surface area contributed by atoms with Gasteiger partial charge < -0.3 is 4.42 Å². The van der Waals surface area contributed by atoms with Crippen LogP contribution in [0.25, 0.3) is 6.08 Å². The highest BCUT2D eigenvalue weighted by molar-refractivity contribution is 7.99. The molecule has 0 bridgehead atoms.